The lowest BCUT2D eigenvalue weighted by Gasteiger charge is -2.35. The summed E-state index contributed by atoms with van der Waals surface area (Å²) in [5.41, 5.74) is 2.69. The third kappa shape index (κ3) is 2.81. The van der Waals surface area contributed by atoms with Gasteiger partial charge >= 0.3 is 0 Å². The number of aromatic nitrogens is 5. The molecule has 1 atom stereocenters. The van der Waals surface area contributed by atoms with Gasteiger partial charge in [-0.1, -0.05) is 0 Å². The standard InChI is InChI=1S/C19H26N6/c1-13-21-17-7-3-2-6-16(17)19(22-13)24-10-4-5-14(11-24)18-23-20-12-25(18)15-8-9-15/h12,14-15H,2-11H2,1H3. The SMILES string of the molecule is Cc1nc2c(c(N3CCCC(c4nncn4C4CC4)C3)n1)CCCC2. The van der Waals surface area contributed by atoms with Gasteiger partial charge in [-0.25, -0.2) is 9.97 Å². The minimum Gasteiger partial charge on any atom is -0.356 e. The molecule has 1 saturated heterocycles. The molecule has 0 N–H and O–H groups in total. The molecular weight excluding hydrogens is 312 g/mol. The van der Waals surface area contributed by atoms with E-state index in [9.17, 15) is 0 Å². The van der Waals surface area contributed by atoms with Crippen LogP contribution in [-0.2, 0) is 12.8 Å². The van der Waals surface area contributed by atoms with Crippen molar-refractivity contribution in [1.82, 2.24) is 24.7 Å². The molecule has 3 aliphatic rings. The first-order chi connectivity index (χ1) is 12.3. The topological polar surface area (TPSA) is 59.7 Å². The van der Waals surface area contributed by atoms with Crippen molar-refractivity contribution >= 4 is 5.82 Å². The monoisotopic (exact) mass is 338 g/mol. The molecule has 6 nitrogen and oxygen atoms in total. The molecule has 6 heteroatoms. The molecule has 0 bridgehead atoms. The molecule has 2 fully saturated rings. The quantitative estimate of drug-likeness (QED) is 0.861. The zero-order chi connectivity index (χ0) is 16.8. The fraction of sp³-hybridized carbons (Fsp3) is 0.684. The molecule has 0 aromatic carbocycles. The van der Waals surface area contributed by atoms with E-state index in [1.54, 1.807) is 0 Å². The molecule has 2 aromatic rings. The maximum absolute atomic E-state index is 4.87. The summed E-state index contributed by atoms with van der Waals surface area (Å²) in [4.78, 5) is 12.1. The van der Waals surface area contributed by atoms with Crippen LogP contribution in [-0.4, -0.2) is 37.8 Å². The van der Waals surface area contributed by atoms with Crippen molar-refractivity contribution in [3.63, 3.8) is 0 Å². The van der Waals surface area contributed by atoms with Gasteiger partial charge in [-0.2, -0.15) is 0 Å². The van der Waals surface area contributed by atoms with Crippen molar-refractivity contribution in [3.05, 3.63) is 29.2 Å². The van der Waals surface area contributed by atoms with Gasteiger partial charge in [0.1, 0.15) is 23.8 Å². The number of piperidine rings is 1. The highest BCUT2D eigenvalue weighted by Crippen LogP contribution is 2.39. The number of rotatable bonds is 3. The Balaban J connectivity index is 1.45. The first-order valence-corrected chi connectivity index (χ1v) is 9.80. The van der Waals surface area contributed by atoms with Crippen molar-refractivity contribution in [3.8, 4) is 0 Å². The Kier molecular flexibility index (Phi) is 3.71. The highest BCUT2D eigenvalue weighted by Gasteiger charge is 2.32. The number of anilines is 1. The molecule has 3 heterocycles. The molecule has 5 rings (SSSR count). The summed E-state index contributed by atoms with van der Waals surface area (Å²) in [5.74, 6) is 3.77. The molecule has 0 amide bonds. The second-order valence-electron chi connectivity index (χ2n) is 7.84. The van der Waals surface area contributed by atoms with Crippen molar-refractivity contribution in [2.24, 2.45) is 0 Å². The van der Waals surface area contributed by atoms with Crippen LogP contribution in [0.15, 0.2) is 6.33 Å². The molecule has 0 spiro atoms. The fourth-order valence-corrected chi connectivity index (χ4v) is 4.51. The van der Waals surface area contributed by atoms with Gasteiger partial charge in [-0.15, -0.1) is 10.2 Å². The summed E-state index contributed by atoms with van der Waals surface area (Å²) in [6.07, 6.45) is 11.6. The molecule has 25 heavy (non-hydrogen) atoms. The third-order valence-electron chi connectivity index (χ3n) is 5.90. The molecular formula is C19H26N6. The van der Waals surface area contributed by atoms with Gasteiger partial charge in [0.15, 0.2) is 0 Å². The van der Waals surface area contributed by atoms with E-state index < -0.39 is 0 Å². The maximum Gasteiger partial charge on any atom is 0.137 e. The van der Waals surface area contributed by atoms with E-state index >= 15 is 0 Å². The van der Waals surface area contributed by atoms with Crippen LogP contribution in [0, 0.1) is 6.92 Å². The minimum absolute atomic E-state index is 0.464. The largest absolute Gasteiger partial charge is 0.356 e. The summed E-state index contributed by atoms with van der Waals surface area (Å²) in [6, 6.07) is 0.648. The summed E-state index contributed by atoms with van der Waals surface area (Å²) in [7, 11) is 0. The second kappa shape index (κ2) is 6.07. The molecule has 132 valence electrons. The molecule has 1 saturated carbocycles. The van der Waals surface area contributed by atoms with Crippen molar-refractivity contribution in [2.45, 2.75) is 70.3 Å². The minimum atomic E-state index is 0.464. The second-order valence-corrected chi connectivity index (χ2v) is 7.84. The number of hydrogen-bond donors (Lipinski definition) is 0. The van der Waals surface area contributed by atoms with Crippen LogP contribution in [0.5, 0.6) is 0 Å². The first kappa shape index (κ1) is 15.3. The molecule has 1 aliphatic heterocycles. The third-order valence-corrected chi connectivity index (χ3v) is 5.90. The van der Waals surface area contributed by atoms with Gasteiger partial charge in [0.25, 0.3) is 0 Å². The van der Waals surface area contributed by atoms with Gasteiger partial charge in [0.05, 0.1) is 0 Å². The van der Waals surface area contributed by atoms with E-state index in [0.717, 1.165) is 31.8 Å². The van der Waals surface area contributed by atoms with Gasteiger partial charge < -0.3 is 9.47 Å². The molecule has 0 radical (unpaired) electrons. The predicted octanol–water partition coefficient (Wildman–Crippen LogP) is 2.97. The average molecular weight is 338 g/mol. The predicted molar refractivity (Wildman–Crippen MR) is 95.9 cm³/mol. The summed E-state index contributed by atoms with van der Waals surface area (Å²) in [5, 5.41) is 8.70. The van der Waals surface area contributed by atoms with E-state index in [4.69, 9.17) is 9.97 Å². The smallest absolute Gasteiger partial charge is 0.137 e. The zero-order valence-electron chi connectivity index (χ0n) is 15.0. The normalized spacial score (nSPS) is 23.6. The number of nitrogens with zero attached hydrogens (tertiary/aromatic N) is 6. The van der Waals surface area contributed by atoms with Gasteiger partial charge in [0, 0.05) is 36.3 Å². The van der Waals surface area contributed by atoms with Crippen molar-refractivity contribution in [2.75, 3.05) is 18.0 Å². The molecule has 2 aliphatic carbocycles. The molecule has 1 unspecified atom stereocenters. The van der Waals surface area contributed by atoms with E-state index in [-0.39, 0.29) is 0 Å². The zero-order valence-corrected chi connectivity index (χ0v) is 15.0. The van der Waals surface area contributed by atoms with E-state index in [0.29, 0.717) is 12.0 Å². The lowest BCUT2D eigenvalue weighted by Crippen LogP contribution is -2.37. The van der Waals surface area contributed by atoms with Gasteiger partial charge in [-0.3, -0.25) is 0 Å². The Morgan fingerprint density at radius 3 is 2.80 bits per heavy atom. The number of hydrogen-bond acceptors (Lipinski definition) is 5. The highest BCUT2D eigenvalue weighted by molar-refractivity contribution is 5.51. The fourth-order valence-electron chi connectivity index (χ4n) is 4.51. The van der Waals surface area contributed by atoms with Crippen molar-refractivity contribution < 1.29 is 0 Å². The van der Waals surface area contributed by atoms with Crippen LogP contribution >= 0.6 is 0 Å². The van der Waals surface area contributed by atoms with Crippen LogP contribution in [0.3, 0.4) is 0 Å². The maximum atomic E-state index is 4.87. The van der Waals surface area contributed by atoms with Crippen molar-refractivity contribution in [1.29, 1.82) is 0 Å². The van der Waals surface area contributed by atoms with Crippen LogP contribution in [0.2, 0.25) is 0 Å². The number of aryl methyl sites for hydroxylation is 2. The van der Waals surface area contributed by atoms with Crippen LogP contribution in [0.1, 0.15) is 73.4 Å². The van der Waals surface area contributed by atoms with E-state index in [1.807, 2.05) is 13.3 Å². The summed E-state index contributed by atoms with van der Waals surface area (Å²) in [6.45, 7) is 4.13. The Bertz CT molecular complexity index is 778. The Labute approximate surface area is 148 Å². The summed E-state index contributed by atoms with van der Waals surface area (Å²) < 4.78 is 2.33. The average Bonchev–Trinajstić information content (AvgIpc) is 3.37. The highest BCUT2D eigenvalue weighted by atomic mass is 15.3. The van der Waals surface area contributed by atoms with Gasteiger partial charge in [0.2, 0.25) is 0 Å². The number of fused-ring (bicyclic) bond motifs is 1. The lowest BCUT2D eigenvalue weighted by molar-refractivity contribution is 0.466. The van der Waals surface area contributed by atoms with Gasteiger partial charge in [-0.05, 0) is 58.3 Å². The Hall–Kier alpha value is -1.98. The Morgan fingerprint density at radius 1 is 1.04 bits per heavy atom. The lowest BCUT2D eigenvalue weighted by atomic mass is 9.93. The van der Waals surface area contributed by atoms with Crippen LogP contribution in [0.25, 0.3) is 0 Å². The van der Waals surface area contributed by atoms with Crippen LogP contribution in [0.4, 0.5) is 5.82 Å². The Morgan fingerprint density at radius 2 is 1.92 bits per heavy atom. The molecule has 2 aromatic heterocycles. The van der Waals surface area contributed by atoms with E-state index in [2.05, 4.69) is 19.7 Å². The van der Waals surface area contributed by atoms with E-state index in [1.165, 1.54) is 61.4 Å². The van der Waals surface area contributed by atoms with Crippen LogP contribution < -0.4 is 4.90 Å². The first-order valence-electron chi connectivity index (χ1n) is 9.80. The summed E-state index contributed by atoms with van der Waals surface area (Å²) >= 11 is 0.